The molecule has 23 heavy (non-hydrogen) atoms. The number of alkyl halides is 4. The number of carbonyl (C=O) groups is 2. The number of hydrogen-bond acceptors (Lipinski definition) is 4. The summed E-state index contributed by atoms with van der Waals surface area (Å²) in [6.45, 7) is 1.51. The summed E-state index contributed by atoms with van der Waals surface area (Å²) in [7, 11) is 0.627. The van der Waals surface area contributed by atoms with Crippen LogP contribution >= 0.6 is 23.2 Å². The average molecular weight is 374 g/mol. The Morgan fingerprint density at radius 2 is 1.91 bits per heavy atom. The van der Waals surface area contributed by atoms with Gasteiger partial charge in [-0.25, -0.2) is 4.79 Å². The van der Waals surface area contributed by atoms with Crippen LogP contribution in [0.2, 0.25) is 5.02 Å². The summed E-state index contributed by atoms with van der Waals surface area (Å²) in [4.78, 5) is 23.3. The van der Waals surface area contributed by atoms with Crippen molar-refractivity contribution in [3.63, 3.8) is 0 Å². The first-order valence-electron chi connectivity index (χ1n) is 6.04. The fourth-order valence-electron chi connectivity index (χ4n) is 1.65. The van der Waals surface area contributed by atoms with Gasteiger partial charge in [-0.3, -0.25) is 4.79 Å². The molecule has 0 saturated heterocycles. The zero-order chi connectivity index (χ0) is 18.0. The second-order valence-corrected chi connectivity index (χ2v) is 5.36. The molecule has 0 fully saturated rings. The van der Waals surface area contributed by atoms with Crippen LogP contribution in [0.25, 0.3) is 0 Å². The van der Waals surface area contributed by atoms with E-state index in [1.807, 2.05) is 0 Å². The van der Waals surface area contributed by atoms with E-state index < -0.39 is 29.0 Å². The number of nitrogens with one attached hydrogen (secondary N) is 1. The van der Waals surface area contributed by atoms with E-state index in [1.165, 1.54) is 25.1 Å². The van der Waals surface area contributed by atoms with Crippen molar-refractivity contribution in [2.45, 2.75) is 24.1 Å². The van der Waals surface area contributed by atoms with Crippen LogP contribution in [0.3, 0.4) is 0 Å². The van der Waals surface area contributed by atoms with Gasteiger partial charge in [-0.05, 0) is 24.6 Å². The SMILES string of the molecule is COC(=O)[C@](O)([C@H](Cl)C(=O)Nc1cccc(Cl)c1C)C(F)(F)F. The molecule has 2 atom stereocenters. The van der Waals surface area contributed by atoms with E-state index in [2.05, 4.69) is 10.1 Å². The molecule has 128 valence electrons. The molecule has 10 heteroatoms. The van der Waals surface area contributed by atoms with Crippen molar-refractivity contribution in [2.75, 3.05) is 12.4 Å². The van der Waals surface area contributed by atoms with Crippen molar-refractivity contribution < 1.29 is 32.6 Å². The fourth-order valence-corrected chi connectivity index (χ4v) is 2.09. The van der Waals surface area contributed by atoms with E-state index in [1.54, 1.807) is 0 Å². The summed E-state index contributed by atoms with van der Waals surface area (Å²) in [5.41, 5.74) is -3.73. The molecular weight excluding hydrogens is 362 g/mol. The van der Waals surface area contributed by atoms with E-state index in [4.69, 9.17) is 23.2 Å². The highest BCUT2D eigenvalue weighted by molar-refractivity contribution is 6.35. The molecule has 5 nitrogen and oxygen atoms in total. The van der Waals surface area contributed by atoms with E-state index >= 15 is 0 Å². The first-order chi connectivity index (χ1) is 10.5. The predicted octanol–water partition coefficient (Wildman–Crippen LogP) is 2.66. The van der Waals surface area contributed by atoms with E-state index in [9.17, 15) is 27.9 Å². The molecule has 1 rings (SSSR count). The molecule has 0 spiro atoms. The summed E-state index contributed by atoms with van der Waals surface area (Å²) in [5, 5.41) is 9.31. The normalized spacial score (nSPS) is 15.5. The smallest absolute Gasteiger partial charge is 0.430 e. The van der Waals surface area contributed by atoms with Crippen LogP contribution < -0.4 is 5.32 Å². The minimum Gasteiger partial charge on any atom is -0.467 e. The highest BCUT2D eigenvalue weighted by Crippen LogP contribution is 2.37. The topological polar surface area (TPSA) is 75.6 Å². The third-order valence-corrected chi connectivity index (χ3v) is 3.97. The first kappa shape index (κ1) is 19.5. The molecular formula is C13H12Cl2F3NO4. The third kappa shape index (κ3) is 3.70. The van der Waals surface area contributed by atoms with Crippen LogP contribution in [0.5, 0.6) is 0 Å². The lowest BCUT2D eigenvalue weighted by atomic mass is 9.97. The second kappa shape index (κ2) is 6.94. The Balaban J connectivity index is 3.15. The maximum atomic E-state index is 13.0. The van der Waals surface area contributed by atoms with Crippen LogP contribution in [0.1, 0.15) is 5.56 Å². The van der Waals surface area contributed by atoms with Crippen molar-refractivity contribution in [3.05, 3.63) is 28.8 Å². The third-order valence-electron chi connectivity index (χ3n) is 3.05. The Morgan fingerprint density at radius 1 is 1.35 bits per heavy atom. The molecule has 2 N–H and O–H groups in total. The van der Waals surface area contributed by atoms with Gasteiger partial charge in [-0.15, -0.1) is 11.6 Å². The lowest BCUT2D eigenvalue weighted by Crippen LogP contribution is -2.62. The van der Waals surface area contributed by atoms with Crippen molar-refractivity contribution >= 4 is 40.8 Å². The zero-order valence-electron chi connectivity index (χ0n) is 11.9. The van der Waals surface area contributed by atoms with Gasteiger partial charge in [-0.2, -0.15) is 13.2 Å². The molecule has 1 amide bonds. The maximum Gasteiger partial charge on any atom is 0.430 e. The molecule has 0 unspecified atom stereocenters. The zero-order valence-corrected chi connectivity index (χ0v) is 13.4. The van der Waals surface area contributed by atoms with Crippen LogP contribution in [0, 0.1) is 6.92 Å². The number of ether oxygens (including phenoxy) is 1. The molecule has 0 radical (unpaired) electrons. The molecule has 1 aromatic carbocycles. The Morgan fingerprint density at radius 3 is 2.39 bits per heavy atom. The first-order valence-corrected chi connectivity index (χ1v) is 6.85. The summed E-state index contributed by atoms with van der Waals surface area (Å²) in [5.74, 6) is -3.54. The van der Waals surface area contributed by atoms with Gasteiger partial charge in [0.25, 0.3) is 5.60 Å². The number of amides is 1. The lowest BCUT2D eigenvalue weighted by molar-refractivity contribution is -0.260. The number of methoxy groups -OCH3 is 1. The summed E-state index contributed by atoms with van der Waals surface area (Å²) >= 11 is 11.2. The van der Waals surface area contributed by atoms with Crippen molar-refractivity contribution in [1.82, 2.24) is 0 Å². The van der Waals surface area contributed by atoms with Crippen molar-refractivity contribution in [3.8, 4) is 0 Å². The lowest BCUT2D eigenvalue weighted by Gasteiger charge is -2.30. The molecule has 0 heterocycles. The maximum absolute atomic E-state index is 13.0. The molecule has 0 aliphatic heterocycles. The number of halogens is 5. The number of carbonyl (C=O) groups excluding carboxylic acids is 2. The standard InChI is InChI=1S/C13H12Cl2F3NO4/c1-6-7(14)4-3-5-8(6)19-10(20)9(15)12(22,11(21)23-2)13(16,17)18/h3-5,9,22H,1-2H3,(H,19,20)/t9-,12-/m1/s1. The van der Waals surface area contributed by atoms with Crippen LogP contribution in [0.4, 0.5) is 18.9 Å². The monoisotopic (exact) mass is 373 g/mol. The van der Waals surface area contributed by atoms with Gasteiger partial charge in [0.1, 0.15) is 0 Å². The molecule has 0 bridgehead atoms. The van der Waals surface area contributed by atoms with Gasteiger partial charge in [0, 0.05) is 10.7 Å². The van der Waals surface area contributed by atoms with Crippen LogP contribution in [-0.4, -0.2) is 41.2 Å². The number of benzene rings is 1. The Kier molecular flexibility index (Phi) is 5.89. The van der Waals surface area contributed by atoms with Gasteiger partial charge in [0.2, 0.25) is 5.91 Å². The number of esters is 1. The quantitative estimate of drug-likeness (QED) is 0.628. The van der Waals surface area contributed by atoms with E-state index in [0.29, 0.717) is 12.7 Å². The summed E-state index contributed by atoms with van der Waals surface area (Å²) in [6.07, 6.45) is -5.52. The van der Waals surface area contributed by atoms with E-state index in [-0.39, 0.29) is 10.7 Å². The van der Waals surface area contributed by atoms with Gasteiger partial charge >= 0.3 is 12.1 Å². The fraction of sp³-hybridized carbons (Fsp3) is 0.385. The second-order valence-electron chi connectivity index (χ2n) is 4.52. The molecule has 0 aliphatic carbocycles. The minimum atomic E-state index is -5.52. The van der Waals surface area contributed by atoms with Gasteiger partial charge < -0.3 is 15.2 Å². The molecule has 1 aromatic rings. The van der Waals surface area contributed by atoms with Crippen LogP contribution in [0.15, 0.2) is 18.2 Å². The predicted molar refractivity (Wildman–Crippen MR) is 77.5 cm³/mol. The number of aliphatic hydroxyl groups is 1. The van der Waals surface area contributed by atoms with Crippen molar-refractivity contribution in [1.29, 1.82) is 0 Å². The average Bonchev–Trinajstić information content (AvgIpc) is 2.48. The van der Waals surface area contributed by atoms with Gasteiger partial charge in [-0.1, -0.05) is 17.7 Å². The Hall–Kier alpha value is -1.51. The Labute approximate surface area is 139 Å². The van der Waals surface area contributed by atoms with Gasteiger partial charge in [0.05, 0.1) is 7.11 Å². The van der Waals surface area contributed by atoms with Crippen molar-refractivity contribution in [2.24, 2.45) is 0 Å². The highest BCUT2D eigenvalue weighted by atomic mass is 35.5. The summed E-state index contributed by atoms with van der Waals surface area (Å²) < 4.78 is 42.9. The summed E-state index contributed by atoms with van der Waals surface area (Å²) in [6, 6.07) is 4.32. The van der Waals surface area contributed by atoms with Gasteiger partial charge in [0.15, 0.2) is 5.38 Å². The molecule has 0 aromatic heterocycles. The molecule has 0 saturated carbocycles. The highest BCUT2D eigenvalue weighted by Gasteiger charge is 2.67. The number of anilines is 1. The number of hydrogen-bond donors (Lipinski definition) is 2. The van der Waals surface area contributed by atoms with Crippen LogP contribution in [-0.2, 0) is 14.3 Å². The minimum absolute atomic E-state index is 0.0857. The Bertz CT molecular complexity index is 624. The van der Waals surface area contributed by atoms with E-state index in [0.717, 1.165) is 0 Å². The number of rotatable bonds is 4. The molecule has 0 aliphatic rings. The largest absolute Gasteiger partial charge is 0.467 e.